The highest BCUT2D eigenvalue weighted by Gasteiger charge is 2.32. The Balaban J connectivity index is 1.27. The summed E-state index contributed by atoms with van der Waals surface area (Å²) in [4.78, 5) is 27.5. The van der Waals surface area contributed by atoms with E-state index >= 15 is 0 Å². The molecule has 2 aliphatic rings. The van der Waals surface area contributed by atoms with Crippen LogP contribution in [-0.2, 0) is 4.79 Å². The van der Waals surface area contributed by atoms with E-state index in [1.165, 1.54) is 0 Å². The lowest BCUT2D eigenvalue weighted by Gasteiger charge is -2.32. The van der Waals surface area contributed by atoms with Gasteiger partial charge >= 0.3 is 0 Å². The molecule has 2 amide bonds. The van der Waals surface area contributed by atoms with Crippen molar-refractivity contribution in [2.45, 2.75) is 31.6 Å². The van der Waals surface area contributed by atoms with E-state index in [0.29, 0.717) is 30.4 Å². The Morgan fingerprint density at radius 2 is 1.96 bits per heavy atom. The molecule has 28 heavy (non-hydrogen) atoms. The summed E-state index contributed by atoms with van der Waals surface area (Å²) in [5, 5.41) is 17.8. The molecule has 1 saturated heterocycles. The van der Waals surface area contributed by atoms with Crippen molar-refractivity contribution in [1.29, 1.82) is 0 Å². The second kappa shape index (κ2) is 6.78. The van der Waals surface area contributed by atoms with Crippen LogP contribution >= 0.6 is 0 Å². The minimum Gasteiger partial charge on any atom is -0.338 e. The summed E-state index contributed by atoms with van der Waals surface area (Å²) < 4.78 is 0. The molecule has 1 saturated carbocycles. The van der Waals surface area contributed by atoms with Gasteiger partial charge in [0, 0.05) is 29.6 Å². The number of carbonyl (C=O) groups excluding carboxylic acids is 2. The monoisotopic (exact) mass is 378 g/mol. The van der Waals surface area contributed by atoms with E-state index in [0.717, 1.165) is 42.1 Å². The van der Waals surface area contributed by atoms with E-state index in [2.05, 4.69) is 25.7 Å². The Labute approximate surface area is 161 Å². The number of benzene rings is 1. The molecule has 3 N–H and O–H groups in total. The largest absolute Gasteiger partial charge is 0.338 e. The molecule has 8 heteroatoms. The van der Waals surface area contributed by atoms with E-state index in [1.807, 2.05) is 12.1 Å². The molecule has 0 radical (unpaired) electrons. The maximum Gasteiger partial charge on any atom is 0.253 e. The fraction of sp³-hybridized carbons (Fsp3) is 0.400. The first-order valence-corrected chi connectivity index (χ1v) is 9.75. The maximum atomic E-state index is 12.9. The SMILES string of the molecule is O=C(Nc1[nH]ncc1C1CC1)C1CCCN(C(=O)c2ccc3[nH]ncc3c2)C1. The number of H-pyrrole nitrogens is 2. The zero-order chi connectivity index (χ0) is 19.1. The van der Waals surface area contributed by atoms with Gasteiger partial charge in [0.1, 0.15) is 5.82 Å². The summed E-state index contributed by atoms with van der Waals surface area (Å²) in [5.74, 6) is 0.915. The molecule has 0 bridgehead atoms. The van der Waals surface area contributed by atoms with Crippen molar-refractivity contribution in [1.82, 2.24) is 25.3 Å². The summed E-state index contributed by atoms with van der Waals surface area (Å²) >= 11 is 0. The Morgan fingerprint density at radius 1 is 1.11 bits per heavy atom. The van der Waals surface area contributed by atoms with Crippen molar-refractivity contribution in [3.8, 4) is 0 Å². The van der Waals surface area contributed by atoms with Crippen LogP contribution in [0.5, 0.6) is 0 Å². The highest BCUT2D eigenvalue weighted by molar-refractivity contribution is 5.99. The number of likely N-dealkylation sites (tertiary alicyclic amines) is 1. The number of hydrogen-bond acceptors (Lipinski definition) is 4. The first-order valence-electron chi connectivity index (χ1n) is 9.75. The first-order chi connectivity index (χ1) is 13.7. The molecule has 8 nitrogen and oxygen atoms in total. The van der Waals surface area contributed by atoms with Crippen molar-refractivity contribution in [2.75, 3.05) is 18.4 Å². The van der Waals surface area contributed by atoms with Gasteiger partial charge in [0.2, 0.25) is 5.91 Å². The number of fused-ring (bicyclic) bond motifs is 1. The Morgan fingerprint density at radius 3 is 2.82 bits per heavy atom. The number of carbonyl (C=O) groups is 2. The van der Waals surface area contributed by atoms with Crippen LogP contribution in [0.3, 0.4) is 0 Å². The van der Waals surface area contributed by atoms with E-state index < -0.39 is 0 Å². The molecule has 3 aromatic rings. The van der Waals surface area contributed by atoms with Gasteiger partial charge in [-0.1, -0.05) is 0 Å². The molecule has 0 spiro atoms. The van der Waals surface area contributed by atoms with Gasteiger partial charge in [-0.2, -0.15) is 10.2 Å². The number of nitrogens with zero attached hydrogens (tertiary/aromatic N) is 3. The van der Waals surface area contributed by atoms with Crippen LogP contribution in [0.2, 0.25) is 0 Å². The number of nitrogens with one attached hydrogen (secondary N) is 3. The molecule has 1 atom stereocenters. The summed E-state index contributed by atoms with van der Waals surface area (Å²) in [6, 6.07) is 5.51. The fourth-order valence-corrected chi connectivity index (χ4v) is 3.96. The van der Waals surface area contributed by atoms with E-state index in [9.17, 15) is 9.59 Å². The van der Waals surface area contributed by atoms with Crippen molar-refractivity contribution >= 4 is 28.5 Å². The van der Waals surface area contributed by atoms with Gasteiger partial charge in [-0.25, -0.2) is 0 Å². The van der Waals surface area contributed by atoms with Crippen LogP contribution in [0.1, 0.15) is 47.5 Å². The van der Waals surface area contributed by atoms with Gasteiger partial charge in [-0.3, -0.25) is 19.8 Å². The number of rotatable bonds is 4. The highest BCUT2D eigenvalue weighted by Crippen LogP contribution is 2.42. The van der Waals surface area contributed by atoms with Gasteiger partial charge in [-0.05, 0) is 49.8 Å². The van der Waals surface area contributed by atoms with Gasteiger partial charge in [0.25, 0.3) is 5.91 Å². The summed E-state index contributed by atoms with van der Waals surface area (Å²) in [6.45, 7) is 1.10. The van der Waals surface area contributed by atoms with Crippen LogP contribution < -0.4 is 5.32 Å². The zero-order valence-corrected chi connectivity index (χ0v) is 15.4. The minimum atomic E-state index is -0.217. The molecular weight excluding hydrogens is 356 g/mol. The highest BCUT2D eigenvalue weighted by atomic mass is 16.2. The molecular formula is C20H22N6O2. The molecule has 2 fully saturated rings. The maximum absolute atomic E-state index is 12.9. The predicted molar refractivity (Wildman–Crippen MR) is 104 cm³/mol. The summed E-state index contributed by atoms with van der Waals surface area (Å²) in [5.41, 5.74) is 2.61. The van der Waals surface area contributed by atoms with E-state index in [1.54, 1.807) is 23.4 Å². The van der Waals surface area contributed by atoms with Crippen molar-refractivity contribution in [3.05, 3.63) is 41.7 Å². The van der Waals surface area contributed by atoms with Gasteiger partial charge in [0.15, 0.2) is 0 Å². The summed E-state index contributed by atoms with van der Waals surface area (Å²) in [7, 11) is 0. The van der Waals surface area contributed by atoms with Crippen LogP contribution in [0.4, 0.5) is 5.82 Å². The number of anilines is 1. The minimum absolute atomic E-state index is 0.0409. The number of hydrogen-bond donors (Lipinski definition) is 3. The predicted octanol–water partition coefficient (Wildman–Crippen LogP) is 2.65. The quantitative estimate of drug-likeness (QED) is 0.649. The third kappa shape index (κ3) is 3.15. The number of aromatic amines is 2. The third-order valence-corrected chi connectivity index (χ3v) is 5.70. The van der Waals surface area contributed by atoms with Gasteiger partial charge in [0.05, 0.1) is 23.8 Å². The Hall–Kier alpha value is -3.16. The van der Waals surface area contributed by atoms with Crippen LogP contribution in [-0.4, -0.2) is 50.2 Å². The lowest BCUT2D eigenvalue weighted by Crippen LogP contribution is -2.43. The first kappa shape index (κ1) is 17.0. The van der Waals surface area contributed by atoms with Crippen LogP contribution in [0, 0.1) is 5.92 Å². The molecule has 1 aromatic carbocycles. The lowest BCUT2D eigenvalue weighted by molar-refractivity contribution is -0.121. The normalized spacial score (nSPS) is 19.7. The van der Waals surface area contributed by atoms with Crippen LogP contribution in [0.15, 0.2) is 30.6 Å². The molecule has 144 valence electrons. The average Bonchev–Trinajstić information content (AvgIpc) is 3.28. The fourth-order valence-electron chi connectivity index (χ4n) is 3.96. The topological polar surface area (TPSA) is 107 Å². The molecule has 5 rings (SSSR count). The van der Waals surface area contributed by atoms with E-state index in [4.69, 9.17) is 0 Å². The average molecular weight is 378 g/mol. The number of piperidine rings is 1. The number of amides is 2. The summed E-state index contributed by atoms with van der Waals surface area (Å²) in [6.07, 6.45) is 7.40. The van der Waals surface area contributed by atoms with Crippen molar-refractivity contribution < 1.29 is 9.59 Å². The molecule has 3 heterocycles. The van der Waals surface area contributed by atoms with Gasteiger partial charge < -0.3 is 10.2 Å². The van der Waals surface area contributed by atoms with Crippen molar-refractivity contribution in [3.63, 3.8) is 0 Å². The smallest absolute Gasteiger partial charge is 0.253 e. The van der Waals surface area contributed by atoms with Crippen LogP contribution in [0.25, 0.3) is 10.9 Å². The molecule has 1 aliphatic carbocycles. The van der Waals surface area contributed by atoms with Gasteiger partial charge in [-0.15, -0.1) is 0 Å². The third-order valence-electron chi connectivity index (χ3n) is 5.70. The number of aromatic nitrogens is 4. The standard InChI is InChI=1S/C20H22N6O2/c27-19(23-18-16(10-22-25-18)12-3-4-12)14-2-1-7-26(11-14)20(28)13-5-6-17-15(8-13)9-21-24-17/h5-6,8-10,12,14H,1-4,7,11H2,(H,21,24)(H2,22,23,25,27). The van der Waals surface area contributed by atoms with E-state index in [-0.39, 0.29) is 17.7 Å². The Kier molecular flexibility index (Phi) is 4.11. The second-order valence-corrected chi connectivity index (χ2v) is 7.73. The van der Waals surface area contributed by atoms with Crippen molar-refractivity contribution in [2.24, 2.45) is 5.92 Å². The molecule has 1 aliphatic heterocycles. The Bertz CT molecular complexity index is 1030. The lowest BCUT2D eigenvalue weighted by atomic mass is 9.96. The second-order valence-electron chi connectivity index (χ2n) is 7.73. The molecule has 1 unspecified atom stereocenters. The zero-order valence-electron chi connectivity index (χ0n) is 15.4. The molecule has 2 aromatic heterocycles.